The van der Waals surface area contributed by atoms with Crippen molar-refractivity contribution in [3.8, 4) is 0 Å². The van der Waals surface area contributed by atoms with Crippen molar-refractivity contribution in [2.24, 2.45) is 18.0 Å². The van der Waals surface area contributed by atoms with E-state index in [2.05, 4.69) is 57.1 Å². The zero-order valence-electron chi connectivity index (χ0n) is 14.8. The van der Waals surface area contributed by atoms with Crippen molar-refractivity contribution < 1.29 is 0 Å². The highest BCUT2D eigenvalue weighted by atomic mass is 15.3. The van der Waals surface area contributed by atoms with Crippen molar-refractivity contribution in [2.75, 3.05) is 33.7 Å². The second-order valence-corrected chi connectivity index (χ2v) is 7.11. The minimum Gasteiger partial charge on any atom is -0.355 e. The van der Waals surface area contributed by atoms with Crippen molar-refractivity contribution in [3.05, 3.63) is 24.0 Å². The molecule has 0 bridgehead atoms. The Morgan fingerprint density at radius 2 is 2.13 bits per heavy atom. The summed E-state index contributed by atoms with van der Waals surface area (Å²) in [5, 5.41) is 3.53. The summed E-state index contributed by atoms with van der Waals surface area (Å²) in [6, 6.07) is 5.11. The third-order valence-electron chi connectivity index (χ3n) is 4.96. The molecule has 5 heteroatoms. The van der Waals surface area contributed by atoms with E-state index in [1.165, 1.54) is 37.9 Å². The molecule has 0 unspecified atom stereocenters. The molecule has 128 valence electrons. The first kappa shape index (κ1) is 16.4. The molecule has 5 nitrogen and oxygen atoms in total. The van der Waals surface area contributed by atoms with Gasteiger partial charge in [0.15, 0.2) is 5.96 Å². The molecular formula is C18H31N5. The van der Waals surface area contributed by atoms with Gasteiger partial charge in [-0.3, -0.25) is 9.89 Å². The SMILES string of the molecule is CN=C(NCCN(CC1CC1)C1CC1)N(C)Cc1cccn1C. The molecule has 0 spiro atoms. The lowest BCUT2D eigenvalue weighted by Crippen LogP contribution is -2.43. The molecule has 23 heavy (non-hydrogen) atoms. The quantitative estimate of drug-likeness (QED) is 0.588. The molecule has 2 aliphatic carbocycles. The number of nitrogens with zero attached hydrogens (tertiary/aromatic N) is 4. The number of guanidine groups is 1. The van der Waals surface area contributed by atoms with Crippen LogP contribution in [-0.2, 0) is 13.6 Å². The summed E-state index contributed by atoms with van der Waals surface area (Å²) in [5.74, 6) is 1.96. The van der Waals surface area contributed by atoms with Crippen molar-refractivity contribution in [1.29, 1.82) is 0 Å². The maximum atomic E-state index is 4.43. The largest absolute Gasteiger partial charge is 0.355 e. The van der Waals surface area contributed by atoms with Crippen LogP contribution in [0.3, 0.4) is 0 Å². The van der Waals surface area contributed by atoms with Crippen molar-refractivity contribution in [3.63, 3.8) is 0 Å². The van der Waals surface area contributed by atoms with E-state index in [1.54, 1.807) is 0 Å². The molecule has 0 amide bonds. The first-order valence-corrected chi connectivity index (χ1v) is 8.93. The Hall–Kier alpha value is -1.49. The lowest BCUT2D eigenvalue weighted by Gasteiger charge is -2.25. The molecule has 2 fully saturated rings. The molecule has 2 saturated carbocycles. The van der Waals surface area contributed by atoms with Crippen molar-refractivity contribution in [1.82, 2.24) is 19.7 Å². The fraction of sp³-hybridized carbons (Fsp3) is 0.722. The Bertz CT molecular complexity index is 527. The molecule has 0 aromatic carbocycles. The predicted molar refractivity (Wildman–Crippen MR) is 95.6 cm³/mol. The number of rotatable bonds is 8. The standard InChI is InChI=1S/C18H31N5/c1-19-18(22(3)14-17-5-4-11-21(17)2)20-10-12-23(16-8-9-16)13-15-6-7-15/h4-5,11,15-16H,6-10,12-14H2,1-3H3,(H,19,20). The molecule has 1 N–H and O–H groups in total. The number of aryl methyl sites for hydroxylation is 1. The van der Waals surface area contributed by atoms with E-state index in [0.29, 0.717) is 0 Å². The van der Waals surface area contributed by atoms with E-state index in [1.807, 2.05) is 7.05 Å². The molecule has 1 aromatic rings. The van der Waals surface area contributed by atoms with Gasteiger partial charge >= 0.3 is 0 Å². The van der Waals surface area contributed by atoms with E-state index in [0.717, 1.165) is 37.6 Å². The van der Waals surface area contributed by atoms with Crippen LogP contribution in [0.1, 0.15) is 31.4 Å². The van der Waals surface area contributed by atoms with Crippen LogP contribution in [0.25, 0.3) is 0 Å². The van der Waals surface area contributed by atoms with E-state index in [9.17, 15) is 0 Å². The second kappa shape index (κ2) is 7.39. The fourth-order valence-corrected chi connectivity index (χ4v) is 3.17. The maximum Gasteiger partial charge on any atom is 0.193 e. The van der Waals surface area contributed by atoms with Gasteiger partial charge in [-0.25, -0.2) is 0 Å². The van der Waals surface area contributed by atoms with Crippen molar-refractivity contribution in [2.45, 2.75) is 38.3 Å². The van der Waals surface area contributed by atoms with Gasteiger partial charge in [-0.05, 0) is 43.7 Å². The molecule has 0 aliphatic heterocycles. The number of aromatic nitrogens is 1. The highest BCUT2D eigenvalue weighted by Gasteiger charge is 2.33. The van der Waals surface area contributed by atoms with Gasteiger partial charge in [0.05, 0.1) is 6.54 Å². The highest BCUT2D eigenvalue weighted by molar-refractivity contribution is 5.79. The van der Waals surface area contributed by atoms with Crippen LogP contribution >= 0.6 is 0 Å². The zero-order chi connectivity index (χ0) is 16.2. The van der Waals surface area contributed by atoms with E-state index in [4.69, 9.17) is 0 Å². The summed E-state index contributed by atoms with van der Waals surface area (Å²) in [7, 11) is 6.06. The van der Waals surface area contributed by atoms with Crippen LogP contribution in [-0.4, -0.2) is 60.1 Å². The lowest BCUT2D eigenvalue weighted by atomic mass is 10.3. The predicted octanol–water partition coefficient (Wildman–Crippen LogP) is 1.91. The molecule has 0 atom stereocenters. The Kier molecular flexibility index (Phi) is 5.26. The topological polar surface area (TPSA) is 35.8 Å². The fourth-order valence-electron chi connectivity index (χ4n) is 3.17. The normalized spacial score (nSPS) is 18.5. The van der Waals surface area contributed by atoms with Gasteiger partial charge < -0.3 is 14.8 Å². The Labute approximate surface area is 140 Å². The Morgan fingerprint density at radius 1 is 1.35 bits per heavy atom. The number of nitrogens with one attached hydrogen (secondary N) is 1. The molecule has 0 saturated heterocycles. The van der Waals surface area contributed by atoms with Crippen LogP contribution in [0.4, 0.5) is 0 Å². The lowest BCUT2D eigenvalue weighted by molar-refractivity contribution is 0.255. The zero-order valence-corrected chi connectivity index (χ0v) is 14.8. The number of hydrogen-bond donors (Lipinski definition) is 1. The Morgan fingerprint density at radius 3 is 2.70 bits per heavy atom. The van der Waals surface area contributed by atoms with Crippen LogP contribution in [0.2, 0.25) is 0 Å². The summed E-state index contributed by atoms with van der Waals surface area (Å²) < 4.78 is 2.16. The monoisotopic (exact) mass is 317 g/mol. The van der Waals surface area contributed by atoms with Gasteiger partial charge in [-0.15, -0.1) is 0 Å². The summed E-state index contributed by atoms with van der Waals surface area (Å²) in [5.41, 5.74) is 1.30. The summed E-state index contributed by atoms with van der Waals surface area (Å²) >= 11 is 0. The van der Waals surface area contributed by atoms with Gasteiger partial charge in [0.2, 0.25) is 0 Å². The van der Waals surface area contributed by atoms with E-state index < -0.39 is 0 Å². The van der Waals surface area contributed by atoms with Gasteiger partial charge in [-0.2, -0.15) is 0 Å². The summed E-state index contributed by atoms with van der Waals surface area (Å²) in [4.78, 5) is 9.31. The van der Waals surface area contributed by atoms with Crippen LogP contribution in [0.15, 0.2) is 23.3 Å². The number of aliphatic imine (C=N–C) groups is 1. The van der Waals surface area contributed by atoms with E-state index in [-0.39, 0.29) is 0 Å². The van der Waals surface area contributed by atoms with Crippen LogP contribution in [0.5, 0.6) is 0 Å². The third-order valence-corrected chi connectivity index (χ3v) is 4.96. The number of hydrogen-bond acceptors (Lipinski definition) is 2. The van der Waals surface area contributed by atoms with Crippen LogP contribution in [0, 0.1) is 5.92 Å². The minimum atomic E-state index is 0.862. The highest BCUT2D eigenvalue weighted by Crippen LogP contribution is 2.34. The molecule has 3 rings (SSSR count). The first-order chi connectivity index (χ1) is 11.2. The van der Waals surface area contributed by atoms with E-state index >= 15 is 0 Å². The average molecular weight is 317 g/mol. The van der Waals surface area contributed by atoms with Gasteiger partial charge in [0.1, 0.15) is 0 Å². The summed E-state index contributed by atoms with van der Waals surface area (Å²) in [6.45, 7) is 4.30. The van der Waals surface area contributed by atoms with Crippen LogP contribution < -0.4 is 5.32 Å². The second-order valence-electron chi connectivity index (χ2n) is 7.11. The minimum absolute atomic E-state index is 0.862. The van der Waals surface area contributed by atoms with Gasteiger partial charge in [0, 0.05) is 58.7 Å². The third kappa shape index (κ3) is 4.74. The molecular weight excluding hydrogens is 286 g/mol. The molecule has 0 radical (unpaired) electrons. The maximum absolute atomic E-state index is 4.43. The van der Waals surface area contributed by atoms with Crippen molar-refractivity contribution >= 4 is 5.96 Å². The van der Waals surface area contributed by atoms with Gasteiger partial charge in [-0.1, -0.05) is 0 Å². The average Bonchev–Trinajstić information content (AvgIpc) is 3.44. The molecule has 1 heterocycles. The Balaban J connectivity index is 1.44. The first-order valence-electron chi connectivity index (χ1n) is 8.93. The van der Waals surface area contributed by atoms with Gasteiger partial charge in [0.25, 0.3) is 0 Å². The summed E-state index contributed by atoms with van der Waals surface area (Å²) in [6.07, 6.45) is 7.77. The molecule has 1 aromatic heterocycles. The molecule has 2 aliphatic rings. The smallest absolute Gasteiger partial charge is 0.193 e.